The lowest BCUT2D eigenvalue weighted by Crippen LogP contribution is -2.78. The number of aromatic amines is 1. The summed E-state index contributed by atoms with van der Waals surface area (Å²) in [5, 5.41) is 51.2. The number of phosphoric ester groups is 2. The number of aliphatic hydroxyl groups is 5. The topological polar surface area (TPSA) is 336 Å². The maximum Gasteiger partial charge on any atom is 0.330 e. The molecule has 0 bridgehead atoms. The molecule has 3 heterocycles. The SMILES string of the molecule is CCCCCCCCCCCC(O)CC(=O)O[C@H]1[C@H](O)[C@@H](CO)OC(OP(=O)([O-])OP(=O)([O-])OC[C@H]2O[C@@H](n3ccc(=O)[nH]c3=O)[C@H](O)[C@@H]2O)[C@@H]1[NH3+]. The van der Waals surface area contributed by atoms with Gasteiger partial charge in [-0.2, -0.15) is 0 Å². The van der Waals surface area contributed by atoms with Gasteiger partial charge in [-0.05, 0) is 6.42 Å². The van der Waals surface area contributed by atoms with Crippen molar-refractivity contribution >= 4 is 21.6 Å². The Kier molecular flexibility index (Phi) is 17.7. The van der Waals surface area contributed by atoms with Crippen molar-refractivity contribution in [1.82, 2.24) is 9.55 Å². The van der Waals surface area contributed by atoms with E-state index in [1.807, 2.05) is 4.98 Å². The van der Waals surface area contributed by atoms with Crippen molar-refractivity contribution in [3.05, 3.63) is 33.1 Å². The van der Waals surface area contributed by atoms with Gasteiger partial charge in [0.2, 0.25) is 6.29 Å². The lowest BCUT2D eigenvalue weighted by Gasteiger charge is -2.42. The number of aliphatic hydroxyl groups excluding tert-OH is 5. The number of unbranched alkanes of at least 4 members (excludes halogenated alkanes) is 8. The van der Waals surface area contributed by atoms with Crippen molar-refractivity contribution in [2.75, 3.05) is 13.2 Å². The Hall–Kier alpha value is -1.91. The van der Waals surface area contributed by atoms with E-state index in [2.05, 4.69) is 21.5 Å². The van der Waals surface area contributed by atoms with Crippen LogP contribution in [0, 0.1) is 0 Å². The van der Waals surface area contributed by atoms with Gasteiger partial charge in [0.15, 0.2) is 18.4 Å². The first-order valence-electron chi connectivity index (χ1n) is 17.1. The van der Waals surface area contributed by atoms with Crippen LogP contribution in [-0.2, 0) is 41.5 Å². The van der Waals surface area contributed by atoms with Crippen LogP contribution in [-0.4, -0.2) is 109 Å². The number of nitrogens with zero attached hydrogens (tertiary/aromatic N) is 1. The molecule has 0 amide bonds. The van der Waals surface area contributed by atoms with Gasteiger partial charge in [0.25, 0.3) is 21.2 Å². The van der Waals surface area contributed by atoms with Crippen molar-refractivity contribution < 1.29 is 82.5 Å². The summed E-state index contributed by atoms with van der Waals surface area (Å²) in [5.41, 5.74) is 1.82. The van der Waals surface area contributed by atoms with E-state index in [0.717, 1.165) is 37.9 Å². The number of nitrogens with one attached hydrogen (secondary N) is 1. The number of ether oxygens (including phenoxy) is 3. The summed E-state index contributed by atoms with van der Waals surface area (Å²) in [4.78, 5) is 62.9. The van der Waals surface area contributed by atoms with E-state index in [0.29, 0.717) is 17.4 Å². The highest BCUT2D eigenvalue weighted by Gasteiger charge is 2.50. The summed E-state index contributed by atoms with van der Waals surface area (Å²) in [6.07, 6.45) is -4.57. The zero-order chi connectivity index (χ0) is 38.6. The molecule has 12 atom stereocenters. The molecule has 0 radical (unpaired) electrons. The van der Waals surface area contributed by atoms with Crippen LogP contribution >= 0.6 is 15.6 Å². The van der Waals surface area contributed by atoms with E-state index in [4.69, 9.17) is 18.7 Å². The first-order valence-corrected chi connectivity index (χ1v) is 20.0. The predicted octanol–water partition coefficient (Wildman–Crippen LogP) is -2.59. The highest BCUT2D eigenvalue weighted by Crippen LogP contribution is 2.57. The Balaban J connectivity index is 1.51. The third-order valence-corrected chi connectivity index (χ3v) is 11.1. The van der Waals surface area contributed by atoms with Crippen LogP contribution in [0.5, 0.6) is 0 Å². The average molecular weight is 791 g/mol. The molecule has 0 saturated carbocycles. The van der Waals surface area contributed by atoms with E-state index < -0.39 is 114 Å². The molecule has 0 aliphatic carbocycles. The van der Waals surface area contributed by atoms with Gasteiger partial charge in [-0.1, -0.05) is 64.7 Å². The fraction of sp³-hybridized carbons (Fsp3) is 0.828. The molecular weight excluding hydrogens is 740 g/mol. The Bertz CT molecular complexity index is 1480. The van der Waals surface area contributed by atoms with Crippen LogP contribution in [0.15, 0.2) is 21.9 Å². The summed E-state index contributed by atoms with van der Waals surface area (Å²) < 4.78 is 54.8. The molecule has 1 aromatic heterocycles. The average Bonchev–Trinajstić information content (AvgIpc) is 3.34. The van der Waals surface area contributed by atoms with Gasteiger partial charge in [0.05, 0.1) is 25.7 Å². The molecule has 2 aliphatic rings. The second kappa shape index (κ2) is 20.7. The number of quaternary nitrogens is 1. The minimum absolute atomic E-state index is 0.316. The number of H-pyrrole nitrogens is 1. The number of carbonyl (C=O) groups excluding carboxylic acids is 1. The molecule has 2 fully saturated rings. The largest absolute Gasteiger partial charge is 0.756 e. The lowest BCUT2D eigenvalue weighted by molar-refractivity contribution is -0.496. The monoisotopic (exact) mass is 790 g/mol. The van der Waals surface area contributed by atoms with Crippen molar-refractivity contribution in [3.8, 4) is 0 Å². The molecule has 23 heteroatoms. The summed E-state index contributed by atoms with van der Waals surface area (Å²) in [6, 6.07) is -0.614. The molecule has 9 N–H and O–H groups in total. The fourth-order valence-corrected chi connectivity index (χ4v) is 7.86. The molecule has 2 aliphatic heterocycles. The number of aromatic nitrogens is 2. The van der Waals surface area contributed by atoms with Crippen LogP contribution in [0.4, 0.5) is 0 Å². The summed E-state index contributed by atoms with van der Waals surface area (Å²) in [5.74, 6) is -0.966. The Morgan fingerprint density at radius 1 is 0.981 bits per heavy atom. The maximum absolute atomic E-state index is 12.6. The molecule has 52 heavy (non-hydrogen) atoms. The number of carbonyl (C=O) groups is 1. The smallest absolute Gasteiger partial charge is 0.330 e. The highest BCUT2D eigenvalue weighted by atomic mass is 31.3. The van der Waals surface area contributed by atoms with E-state index in [9.17, 15) is 58.8 Å². The minimum atomic E-state index is -5.94. The fourth-order valence-electron chi connectivity index (χ4n) is 5.75. The van der Waals surface area contributed by atoms with Crippen LogP contribution in [0.2, 0.25) is 0 Å². The minimum Gasteiger partial charge on any atom is -0.756 e. The van der Waals surface area contributed by atoms with Crippen molar-refractivity contribution in [2.45, 2.75) is 139 Å². The van der Waals surface area contributed by atoms with E-state index >= 15 is 0 Å². The lowest BCUT2D eigenvalue weighted by atomic mass is 9.97. The quantitative estimate of drug-likeness (QED) is 0.0360. The zero-order valence-corrected chi connectivity index (χ0v) is 30.5. The van der Waals surface area contributed by atoms with Crippen LogP contribution in [0.25, 0.3) is 0 Å². The Morgan fingerprint density at radius 2 is 1.62 bits per heavy atom. The molecule has 4 unspecified atom stereocenters. The first kappa shape index (κ1) is 44.5. The van der Waals surface area contributed by atoms with E-state index in [1.165, 1.54) is 25.7 Å². The molecule has 0 aromatic carbocycles. The molecule has 1 aromatic rings. The number of hydrogen-bond donors (Lipinski definition) is 7. The molecule has 300 valence electrons. The van der Waals surface area contributed by atoms with Crippen molar-refractivity contribution in [2.24, 2.45) is 0 Å². The normalized spacial score (nSPS) is 30.8. The molecular formula is C29H50N3O18P2-. The maximum atomic E-state index is 12.6. The standard InChI is InChI=1S/C29H51N3O18P2/c1-2-3-4-5-6-7-8-9-10-11-17(34)14-21(36)48-26-22(30)28(47-18(15-33)24(26)38)49-52(43,44)50-51(41,42)45-16-19-23(37)25(39)27(46-19)32-13-12-20(35)31-29(32)40/h12-13,17-19,22-28,33-34,37-39H,2-11,14-16,30H2,1H3,(H,41,42)(H,43,44)(H,31,35,40)/p-1/t17?,18-,19-,22-,23-,24-,25-,26-,27-,28?/m1/s1. The summed E-state index contributed by atoms with van der Waals surface area (Å²) >= 11 is 0. The number of phosphoric acid groups is 2. The molecule has 0 spiro atoms. The van der Waals surface area contributed by atoms with Gasteiger partial charge >= 0.3 is 11.7 Å². The molecule has 2 saturated heterocycles. The van der Waals surface area contributed by atoms with Gasteiger partial charge in [-0.15, -0.1) is 0 Å². The van der Waals surface area contributed by atoms with Crippen LogP contribution in [0.3, 0.4) is 0 Å². The van der Waals surface area contributed by atoms with Crippen LogP contribution in [0.1, 0.15) is 83.8 Å². The second-order valence-corrected chi connectivity index (χ2v) is 15.7. The third kappa shape index (κ3) is 13.4. The first-order chi connectivity index (χ1) is 24.5. The summed E-state index contributed by atoms with van der Waals surface area (Å²) in [6.45, 7) is 0.118. The molecule has 21 nitrogen and oxygen atoms in total. The van der Waals surface area contributed by atoms with Gasteiger partial charge < -0.3 is 59.8 Å². The van der Waals surface area contributed by atoms with Crippen LogP contribution < -0.4 is 26.8 Å². The molecule has 3 rings (SSSR count). The highest BCUT2D eigenvalue weighted by molar-refractivity contribution is 7.59. The van der Waals surface area contributed by atoms with E-state index in [1.54, 1.807) is 0 Å². The van der Waals surface area contributed by atoms with Crippen molar-refractivity contribution in [1.29, 1.82) is 0 Å². The second-order valence-electron chi connectivity index (χ2n) is 12.8. The van der Waals surface area contributed by atoms with Gasteiger partial charge in [-0.25, -0.2) is 9.11 Å². The van der Waals surface area contributed by atoms with Gasteiger partial charge in [0.1, 0.15) is 30.5 Å². The number of esters is 1. The van der Waals surface area contributed by atoms with Gasteiger partial charge in [0, 0.05) is 12.3 Å². The Labute approximate surface area is 298 Å². The number of rotatable bonds is 22. The third-order valence-electron chi connectivity index (χ3n) is 8.58. The Morgan fingerprint density at radius 3 is 2.23 bits per heavy atom. The number of hydrogen-bond acceptors (Lipinski definition) is 18. The zero-order valence-electron chi connectivity index (χ0n) is 28.7. The summed E-state index contributed by atoms with van der Waals surface area (Å²) in [7, 11) is -11.8. The van der Waals surface area contributed by atoms with Gasteiger partial charge in [-0.3, -0.25) is 32.8 Å². The predicted molar refractivity (Wildman–Crippen MR) is 171 cm³/mol. The van der Waals surface area contributed by atoms with Crippen molar-refractivity contribution in [3.63, 3.8) is 0 Å². The van der Waals surface area contributed by atoms with E-state index in [-0.39, 0.29) is 0 Å².